The fourth-order valence-corrected chi connectivity index (χ4v) is 3.54. The summed E-state index contributed by atoms with van der Waals surface area (Å²) >= 11 is 1.73. The fourth-order valence-electron chi connectivity index (χ4n) is 2.60. The molecule has 0 radical (unpaired) electrons. The lowest BCUT2D eigenvalue weighted by molar-refractivity contribution is 0.276. The highest BCUT2D eigenvalue weighted by Gasteiger charge is 2.26. The van der Waals surface area contributed by atoms with E-state index in [9.17, 15) is 0 Å². The van der Waals surface area contributed by atoms with Crippen molar-refractivity contribution in [2.24, 2.45) is 0 Å². The maximum atomic E-state index is 5.71. The van der Waals surface area contributed by atoms with Gasteiger partial charge in [-0.3, -0.25) is 0 Å². The van der Waals surface area contributed by atoms with Crippen LogP contribution in [0.5, 0.6) is 5.75 Å². The first-order valence-corrected chi connectivity index (χ1v) is 7.99. The largest absolute Gasteiger partial charge is 0.493 e. The lowest BCUT2D eigenvalue weighted by atomic mass is 9.94. The number of hydrogen-bond donors (Lipinski definition) is 1. The van der Waals surface area contributed by atoms with Gasteiger partial charge in [-0.05, 0) is 25.3 Å². The van der Waals surface area contributed by atoms with Gasteiger partial charge in [0.15, 0.2) is 0 Å². The highest BCUT2D eigenvalue weighted by Crippen LogP contribution is 2.38. The Labute approximate surface area is 122 Å². The average molecular weight is 287 g/mol. The number of fused-ring (bicyclic) bond motifs is 1. The van der Waals surface area contributed by atoms with E-state index >= 15 is 0 Å². The van der Waals surface area contributed by atoms with Gasteiger partial charge >= 0.3 is 0 Å². The van der Waals surface area contributed by atoms with Crippen LogP contribution in [0.25, 0.3) is 0 Å². The predicted octanol–water partition coefficient (Wildman–Crippen LogP) is 2.70. The van der Waals surface area contributed by atoms with Gasteiger partial charge in [0, 0.05) is 24.1 Å². The molecule has 0 saturated heterocycles. The molecule has 1 aromatic heterocycles. The molecular weight excluding hydrogens is 270 g/mol. The maximum Gasteiger partial charge on any atom is 0.131 e. The fraction of sp³-hybridized carbons (Fsp3) is 0.467. The normalized spacial score (nSPS) is 21.3. The number of ether oxygens (including phenoxy) is 1. The first-order valence-electron chi connectivity index (χ1n) is 7.17. The minimum absolute atomic E-state index is 0.340. The summed E-state index contributed by atoms with van der Waals surface area (Å²) in [7, 11) is 0. The Kier molecular flexibility index (Phi) is 3.16. The molecule has 4 nitrogen and oxygen atoms in total. The molecule has 5 heteroatoms. The lowest BCUT2D eigenvalue weighted by Gasteiger charge is -2.23. The molecule has 1 atom stereocenters. The summed E-state index contributed by atoms with van der Waals surface area (Å²) < 4.78 is 5.71. The van der Waals surface area contributed by atoms with Gasteiger partial charge in [-0.1, -0.05) is 29.5 Å². The van der Waals surface area contributed by atoms with Crippen molar-refractivity contribution in [2.45, 2.75) is 37.8 Å². The summed E-state index contributed by atoms with van der Waals surface area (Å²) in [6.07, 6.45) is 3.60. The van der Waals surface area contributed by atoms with Crippen LogP contribution in [-0.2, 0) is 6.54 Å². The first kappa shape index (κ1) is 12.3. The number of nitrogens with one attached hydrogen (secondary N) is 1. The molecule has 1 aromatic carbocycles. The second kappa shape index (κ2) is 5.14. The topological polar surface area (TPSA) is 47.0 Å². The molecule has 2 aliphatic rings. The second-order valence-corrected chi connectivity index (χ2v) is 6.51. The van der Waals surface area contributed by atoms with E-state index in [2.05, 4.69) is 27.6 Å². The highest BCUT2D eigenvalue weighted by molar-refractivity contribution is 7.11. The van der Waals surface area contributed by atoms with Crippen LogP contribution in [0, 0.1) is 0 Å². The van der Waals surface area contributed by atoms with E-state index in [0.29, 0.717) is 12.0 Å². The van der Waals surface area contributed by atoms with Crippen LogP contribution in [-0.4, -0.2) is 22.8 Å². The van der Waals surface area contributed by atoms with E-state index in [1.807, 2.05) is 12.1 Å². The zero-order valence-corrected chi connectivity index (χ0v) is 12.0. The zero-order chi connectivity index (χ0) is 13.4. The maximum absolute atomic E-state index is 5.71. The Hall–Kier alpha value is -1.46. The molecule has 0 amide bonds. The monoisotopic (exact) mass is 287 g/mol. The summed E-state index contributed by atoms with van der Waals surface area (Å²) in [6.45, 7) is 1.62. The van der Waals surface area contributed by atoms with E-state index < -0.39 is 0 Å². The highest BCUT2D eigenvalue weighted by atomic mass is 32.1. The van der Waals surface area contributed by atoms with Gasteiger partial charge in [-0.15, -0.1) is 10.2 Å². The molecule has 1 aliphatic heterocycles. The molecule has 1 N–H and O–H groups in total. The smallest absolute Gasteiger partial charge is 0.131 e. The number of benzene rings is 1. The molecule has 104 valence electrons. The molecule has 1 saturated carbocycles. The van der Waals surface area contributed by atoms with Gasteiger partial charge in [-0.2, -0.15) is 0 Å². The number of rotatable bonds is 4. The van der Waals surface area contributed by atoms with Crippen molar-refractivity contribution in [1.29, 1.82) is 0 Å². The van der Waals surface area contributed by atoms with Crippen LogP contribution >= 0.6 is 11.3 Å². The zero-order valence-electron chi connectivity index (χ0n) is 11.2. The quantitative estimate of drug-likeness (QED) is 0.939. The minimum atomic E-state index is 0.340. The average Bonchev–Trinajstić information content (AvgIpc) is 3.21. The summed E-state index contributed by atoms with van der Waals surface area (Å²) in [4.78, 5) is 0. The Balaban J connectivity index is 1.55. The van der Waals surface area contributed by atoms with Crippen LogP contribution in [0.4, 0.5) is 0 Å². The predicted molar refractivity (Wildman–Crippen MR) is 78.2 cm³/mol. The Bertz CT molecular complexity index is 609. The van der Waals surface area contributed by atoms with Gasteiger partial charge in [0.25, 0.3) is 0 Å². The molecule has 20 heavy (non-hydrogen) atoms. The number of para-hydroxylation sites is 1. The summed E-state index contributed by atoms with van der Waals surface area (Å²) in [5.41, 5.74) is 1.25. The third kappa shape index (κ3) is 2.43. The number of hydrogen-bond acceptors (Lipinski definition) is 5. The Morgan fingerprint density at radius 3 is 3.00 bits per heavy atom. The molecule has 2 heterocycles. The van der Waals surface area contributed by atoms with E-state index in [1.54, 1.807) is 11.3 Å². The third-order valence-corrected chi connectivity index (χ3v) is 4.90. The van der Waals surface area contributed by atoms with Crippen molar-refractivity contribution in [3.05, 3.63) is 39.8 Å². The molecule has 2 aromatic rings. The van der Waals surface area contributed by atoms with Crippen LogP contribution in [0.2, 0.25) is 0 Å². The van der Waals surface area contributed by atoms with E-state index in [4.69, 9.17) is 4.74 Å². The molecule has 0 spiro atoms. The van der Waals surface area contributed by atoms with Crippen molar-refractivity contribution < 1.29 is 4.74 Å². The Morgan fingerprint density at radius 1 is 1.20 bits per heavy atom. The molecule has 1 aliphatic carbocycles. The third-order valence-electron chi connectivity index (χ3n) is 3.86. The van der Waals surface area contributed by atoms with Gasteiger partial charge in [0.2, 0.25) is 0 Å². The van der Waals surface area contributed by atoms with Crippen LogP contribution in [0.15, 0.2) is 24.3 Å². The molecule has 1 fully saturated rings. The van der Waals surface area contributed by atoms with Gasteiger partial charge in [0.1, 0.15) is 15.8 Å². The minimum Gasteiger partial charge on any atom is -0.493 e. The van der Waals surface area contributed by atoms with Gasteiger partial charge < -0.3 is 10.1 Å². The standard InChI is InChI=1S/C15H17N3OS/c1-2-4-13-11(3-1)12(7-8-19-13)15-18-17-14(20-15)9-16-10-5-6-10/h1-4,10,12,16H,5-9H2. The lowest BCUT2D eigenvalue weighted by Crippen LogP contribution is -2.15. The number of aromatic nitrogens is 2. The molecule has 1 unspecified atom stereocenters. The number of nitrogens with zero attached hydrogens (tertiary/aromatic N) is 2. The van der Waals surface area contributed by atoms with Crippen molar-refractivity contribution >= 4 is 11.3 Å². The molecule has 0 bridgehead atoms. The van der Waals surface area contributed by atoms with Gasteiger partial charge in [0.05, 0.1) is 6.61 Å². The van der Waals surface area contributed by atoms with Gasteiger partial charge in [-0.25, -0.2) is 0 Å². The van der Waals surface area contributed by atoms with E-state index in [-0.39, 0.29) is 0 Å². The second-order valence-electron chi connectivity index (χ2n) is 5.42. The summed E-state index contributed by atoms with van der Waals surface area (Å²) in [6, 6.07) is 8.98. The van der Waals surface area contributed by atoms with Crippen LogP contribution < -0.4 is 10.1 Å². The molecule has 4 rings (SSSR count). The van der Waals surface area contributed by atoms with Crippen molar-refractivity contribution in [1.82, 2.24) is 15.5 Å². The van der Waals surface area contributed by atoms with E-state index in [0.717, 1.165) is 35.3 Å². The summed E-state index contributed by atoms with van der Waals surface area (Å²) in [5.74, 6) is 1.34. The summed E-state index contributed by atoms with van der Waals surface area (Å²) in [5, 5.41) is 14.4. The van der Waals surface area contributed by atoms with Crippen LogP contribution in [0.3, 0.4) is 0 Å². The molecular formula is C15H17N3OS. The van der Waals surface area contributed by atoms with Crippen molar-refractivity contribution in [3.8, 4) is 5.75 Å². The Morgan fingerprint density at radius 2 is 2.10 bits per heavy atom. The van der Waals surface area contributed by atoms with Crippen molar-refractivity contribution in [2.75, 3.05) is 6.61 Å². The SMILES string of the molecule is c1ccc2c(c1)OCCC2c1nnc(CNC2CC2)s1. The van der Waals surface area contributed by atoms with Crippen LogP contribution in [0.1, 0.15) is 40.8 Å². The first-order chi connectivity index (χ1) is 9.90. The van der Waals surface area contributed by atoms with Crippen molar-refractivity contribution in [3.63, 3.8) is 0 Å². The van der Waals surface area contributed by atoms with E-state index in [1.165, 1.54) is 18.4 Å².